The van der Waals surface area contributed by atoms with Gasteiger partial charge in [0.05, 0.1) is 0 Å². The SMILES string of the molecule is CCc1c(Cl)nc(C)nc1N1CCN(C(=O)c2ccc(C)c(F)c2)CC1. The normalized spacial score (nSPS) is 14.7. The number of benzene rings is 1. The van der Waals surface area contributed by atoms with Gasteiger partial charge in [-0.05, 0) is 38.0 Å². The third-order valence-corrected chi connectivity index (χ3v) is 5.00. The highest BCUT2D eigenvalue weighted by Gasteiger charge is 2.25. The lowest BCUT2D eigenvalue weighted by Crippen LogP contribution is -2.49. The Bertz CT molecular complexity index is 835. The van der Waals surface area contributed by atoms with Gasteiger partial charge in [0.15, 0.2) is 0 Å². The molecule has 138 valence electrons. The average molecular weight is 377 g/mol. The van der Waals surface area contributed by atoms with Crippen LogP contribution in [0.3, 0.4) is 0 Å². The Morgan fingerprint density at radius 3 is 2.50 bits per heavy atom. The molecule has 0 unspecified atom stereocenters. The quantitative estimate of drug-likeness (QED) is 0.770. The predicted octanol–water partition coefficient (Wildman–Crippen LogP) is 3.41. The fourth-order valence-electron chi connectivity index (χ4n) is 3.14. The molecule has 1 fully saturated rings. The van der Waals surface area contributed by atoms with Crippen molar-refractivity contribution in [1.82, 2.24) is 14.9 Å². The van der Waals surface area contributed by atoms with E-state index in [1.54, 1.807) is 24.0 Å². The van der Waals surface area contributed by atoms with E-state index in [1.165, 1.54) is 6.07 Å². The van der Waals surface area contributed by atoms with E-state index in [0.29, 0.717) is 48.3 Å². The number of aromatic nitrogens is 2. The van der Waals surface area contributed by atoms with Gasteiger partial charge in [-0.25, -0.2) is 14.4 Å². The van der Waals surface area contributed by atoms with Crippen molar-refractivity contribution in [3.05, 3.63) is 51.7 Å². The summed E-state index contributed by atoms with van der Waals surface area (Å²) >= 11 is 6.26. The first-order valence-electron chi connectivity index (χ1n) is 8.74. The third kappa shape index (κ3) is 3.65. The Morgan fingerprint density at radius 1 is 1.19 bits per heavy atom. The molecule has 0 saturated carbocycles. The van der Waals surface area contributed by atoms with E-state index in [-0.39, 0.29) is 11.7 Å². The molecule has 0 aliphatic carbocycles. The fourth-order valence-corrected chi connectivity index (χ4v) is 3.48. The van der Waals surface area contributed by atoms with E-state index in [2.05, 4.69) is 14.9 Å². The van der Waals surface area contributed by atoms with E-state index in [4.69, 9.17) is 11.6 Å². The lowest BCUT2D eigenvalue weighted by atomic mass is 10.1. The van der Waals surface area contributed by atoms with Gasteiger partial charge < -0.3 is 9.80 Å². The number of rotatable bonds is 3. The summed E-state index contributed by atoms with van der Waals surface area (Å²) in [6.45, 7) is 7.94. The van der Waals surface area contributed by atoms with Gasteiger partial charge >= 0.3 is 0 Å². The third-order valence-electron chi connectivity index (χ3n) is 4.69. The first-order chi connectivity index (χ1) is 12.4. The number of carbonyl (C=O) groups is 1. The highest BCUT2D eigenvalue weighted by molar-refractivity contribution is 6.30. The van der Waals surface area contributed by atoms with Crippen molar-refractivity contribution < 1.29 is 9.18 Å². The molecule has 1 aromatic heterocycles. The molecular formula is C19H22ClFN4O. The number of hydrogen-bond donors (Lipinski definition) is 0. The Balaban J connectivity index is 1.73. The largest absolute Gasteiger partial charge is 0.353 e. The molecule has 1 aromatic carbocycles. The van der Waals surface area contributed by atoms with Gasteiger partial charge in [0.2, 0.25) is 0 Å². The fraction of sp³-hybridized carbons (Fsp3) is 0.421. The first-order valence-corrected chi connectivity index (χ1v) is 9.12. The molecule has 1 amide bonds. The van der Waals surface area contributed by atoms with Gasteiger partial charge in [-0.15, -0.1) is 0 Å². The summed E-state index contributed by atoms with van der Waals surface area (Å²) in [5.74, 6) is 0.985. The van der Waals surface area contributed by atoms with Crippen LogP contribution >= 0.6 is 11.6 Å². The van der Waals surface area contributed by atoms with Gasteiger partial charge in [0.1, 0.15) is 22.6 Å². The van der Waals surface area contributed by atoms with Crippen LogP contribution in [0.1, 0.15) is 34.2 Å². The summed E-state index contributed by atoms with van der Waals surface area (Å²) in [5.41, 5.74) is 1.85. The summed E-state index contributed by atoms with van der Waals surface area (Å²) in [5, 5.41) is 0.489. The minimum atomic E-state index is -0.354. The topological polar surface area (TPSA) is 49.3 Å². The number of hydrogen-bond acceptors (Lipinski definition) is 4. The van der Waals surface area contributed by atoms with Crippen LogP contribution in [-0.4, -0.2) is 47.0 Å². The van der Waals surface area contributed by atoms with Gasteiger partial charge in [0.25, 0.3) is 5.91 Å². The van der Waals surface area contributed by atoms with E-state index >= 15 is 0 Å². The number of nitrogens with zero attached hydrogens (tertiary/aromatic N) is 4. The molecule has 0 N–H and O–H groups in total. The number of halogens is 2. The Kier molecular flexibility index (Phi) is 5.41. The summed E-state index contributed by atoms with van der Waals surface area (Å²) in [4.78, 5) is 25.3. The molecule has 1 aliphatic rings. The van der Waals surface area contributed by atoms with Gasteiger partial charge in [-0.1, -0.05) is 24.6 Å². The van der Waals surface area contributed by atoms with Crippen LogP contribution in [0.25, 0.3) is 0 Å². The maximum Gasteiger partial charge on any atom is 0.254 e. The van der Waals surface area contributed by atoms with Crippen LogP contribution < -0.4 is 4.90 Å². The molecule has 3 rings (SSSR count). The van der Waals surface area contributed by atoms with E-state index < -0.39 is 0 Å². The van der Waals surface area contributed by atoms with Crippen molar-refractivity contribution in [2.45, 2.75) is 27.2 Å². The number of anilines is 1. The van der Waals surface area contributed by atoms with Gasteiger partial charge in [-0.2, -0.15) is 0 Å². The lowest BCUT2D eigenvalue weighted by Gasteiger charge is -2.36. The monoisotopic (exact) mass is 376 g/mol. The van der Waals surface area contributed by atoms with Crippen molar-refractivity contribution in [3.63, 3.8) is 0 Å². The van der Waals surface area contributed by atoms with Crippen molar-refractivity contribution in [3.8, 4) is 0 Å². The summed E-state index contributed by atoms with van der Waals surface area (Å²) in [6, 6.07) is 4.63. The molecule has 5 nitrogen and oxygen atoms in total. The van der Waals surface area contributed by atoms with Crippen molar-refractivity contribution in [2.24, 2.45) is 0 Å². The van der Waals surface area contributed by atoms with Crippen LogP contribution in [0.15, 0.2) is 18.2 Å². The van der Waals surface area contributed by atoms with Crippen LogP contribution in [0.5, 0.6) is 0 Å². The molecule has 7 heteroatoms. The molecule has 1 aliphatic heterocycles. The molecule has 0 spiro atoms. The van der Waals surface area contributed by atoms with E-state index in [1.807, 2.05) is 13.8 Å². The average Bonchev–Trinajstić information content (AvgIpc) is 2.63. The number of piperazine rings is 1. The van der Waals surface area contributed by atoms with Crippen molar-refractivity contribution in [1.29, 1.82) is 0 Å². The van der Waals surface area contributed by atoms with Crippen molar-refractivity contribution >= 4 is 23.3 Å². The highest BCUT2D eigenvalue weighted by atomic mass is 35.5. The van der Waals surface area contributed by atoms with Crippen molar-refractivity contribution in [2.75, 3.05) is 31.1 Å². The number of aryl methyl sites for hydroxylation is 2. The Morgan fingerprint density at radius 2 is 1.88 bits per heavy atom. The summed E-state index contributed by atoms with van der Waals surface area (Å²) < 4.78 is 13.7. The van der Waals surface area contributed by atoms with E-state index in [9.17, 15) is 9.18 Å². The van der Waals surface area contributed by atoms with E-state index in [0.717, 1.165) is 17.8 Å². The molecule has 2 aromatic rings. The van der Waals surface area contributed by atoms with Crippen LogP contribution in [-0.2, 0) is 6.42 Å². The zero-order valence-electron chi connectivity index (χ0n) is 15.2. The maximum atomic E-state index is 13.7. The molecule has 0 atom stereocenters. The number of amides is 1. The Hall–Kier alpha value is -2.21. The minimum Gasteiger partial charge on any atom is -0.353 e. The molecule has 0 radical (unpaired) electrons. The maximum absolute atomic E-state index is 13.7. The second-order valence-corrected chi connectivity index (χ2v) is 6.82. The standard InChI is InChI=1S/C19H22ClFN4O/c1-4-15-17(20)22-13(3)23-18(15)24-7-9-25(10-8-24)19(26)14-6-5-12(2)16(21)11-14/h5-6,11H,4,7-10H2,1-3H3. The van der Waals surface area contributed by atoms with Crippen LogP contribution in [0.2, 0.25) is 5.15 Å². The smallest absolute Gasteiger partial charge is 0.254 e. The lowest BCUT2D eigenvalue weighted by molar-refractivity contribution is 0.0746. The second-order valence-electron chi connectivity index (χ2n) is 6.46. The van der Waals surface area contributed by atoms with Crippen LogP contribution in [0, 0.1) is 19.7 Å². The molecule has 0 bridgehead atoms. The molecule has 2 heterocycles. The van der Waals surface area contributed by atoms with Crippen LogP contribution in [0.4, 0.5) is 10.2 Å². The highest BCUT2D eigenvalue weighted by Crippen LogP contribution is 2.26. The summed E-state index contributed by atoms with van der Waals surface area (Å²) in [6.07, 6.45) is 0.746. The number of carbonyl (C=O) groups excluding carboxylic acids is 1. The zero-order valence-corrected chi connectivity index (χ0v) is 16.0. The van der Waals surface area contributed by atoms with Gasteiger partial charge in [0, 0.05) is 37.3 Å². The predicted molar refractivity (Wildman–Crippen MR) is 100 cm³/mol. The first kappa shape index (κ1) is 18.6. The zero-order chi connectivity index (χ0) is 18.8. The molecule has 1 saturated heterocycles. The Labute approximate surface area is 157 Å². The molecular weight excluding hydrogens is 355 g/mol. The summed E-state index contributed by atoms with van der Waals surface area (Å²) in [7, 11) is 0. The minimum absolute atomic E-state index is 0.142. The van der Waals surface area contributed by atoms with Gasteiger partial charge in [-0.3, -0.25) is 4.79 Å². The molecule has 26 heavy (non-hydrogen) atoms. The second kappa shape index (κ2) is 7.58.